The van der Waals surface area contributed by atoms with Crippen LogP contribution in [0.25, 0.3) is 0 Å². The van der Waals surface area contributed by atoms with Crippen LogP contribution < -0.4 is 10.1 Å². The lowest BCUT2D eigenvalue weighted by Crippen LogP contribution is -2.32. The molecule has 0 amide bonds. The van der Waals surface area contributed by atoms with E-state index in [4.69, 9.17) is 4.74 Å². The zero-order valence-corrected chi connectivity index (χ0v) is 10.4. The molecule has 0 spiro atoms. The van der Waals surface area contributed by atoms with E-state index < -0.39 is 6.10 Å². The number of aryl methyl sites for hydroxylation is 1. The van der Waals surface area contributed by atoms with E-state index in [1.807, 2.05) is 18.2 Å². The maximum Gasteiger partial charge on any atom is 0.119 e. The van der Waals surface area contributed by atoms with Crippen molar-refractivity contribution in [2.75, 3.05) is 13.2 Å². The summed E-state index contributed by atoms with van der Waals surface area (Å²) in [6.45, 7) is 3.10. The maximum atomic E-state index is 9.73. The zero-order chi connectivity index (χ0) is 12.1. The van der Waals surface area contributed by atoms with E-state index in [9.17, 15) is 5.11 Å². The van der Waals surface area contributed by atoms with Gasteiger partial charge in [0.15, 0.2) is 0 Å². The molecule has 1 unspecified atom stereocenters. The Hall–Kier alpha value is -1.06. The highest BCUT2D eigenvalue weighted by atomic mass is 16.5. The third-order valence-electron chi connectivity index (χ3n) is 2.97. The van der Waals surface area contributed by atoms with Crippen LogP contribution in [0, 0.1) is 0 Å². The molecular formula is C14H21NO2. The molecule has 0 aliphatic heterocycles. The number of rotatable bonds is 7. The van der Waals surface area contributed by atoms with Crippen molar-refractivity contribution in [3.63, 3.8) is 0 Å². The Labute approximate surface area is 103 Å². The van der Waals surface area contributed by atoms with Crippen molar-refractivity contribution in [1.29, 1.82) is 0 Å². The molecule has 17 heavy (non-hydrogen) atoms. The number of nitrogens with one attached hydrogen (secondary N) is 1. The van der Waals surface area contributed by atoms with Gasteiger partial charge in [-0.3, -0.25) is 0 Å². The van der Waals surface area contributed by atoms with Crippen LogP contribution in [0.15, 0.2) is 24.3 Å². The highest BCUT2D eigenvalue weighted by Crippen LogP contribution is 2.18. The monoisotopic (exact) mass is 235 g/mol. The van der Waals surface area contributed by atoms with E-state index in [0.717, 1.165) is 12.2 Å². The first-order valence-electron chi connectivity index (χ1n) is 6.41. The predicted octanol–water partition coefficient (Wildman–Crippen LogP) is 1.74. The van der Waals surface area contributed by atoms with Crippen LogP contribution in [0.1, 0.15) is 25.3 Å². The van der Waals surface area contributed by atoms with Gasteiger partial charge in [-0.25, -0.2) is 0 Å². The van der Waals surface area contributed by atoms with E-state index in [1.54, 1.807) is 0 Å². The predicted molar refractivity (Wildman–Crippen MR) is 68.3 cm³/mol. The molecule has 1 aromatic carbocycles. The van der Waals surface area contributed by atoms with E-state index in [-0.39, 0.29) is 0 Å². The van der Waals surface area contributed by atoms with Gasteiger partial charge in [-0.05, 0) is 37.0 Å². The van der Waals surface area contributed by atoms with Gasteiger partial charge < -0.3 is 15.2 Å². The van der Waals surface area contributed by atoms with Crippen molar-refractivity contribution in [2.45, 2.75) is 38.3 Å². The van der Waals surface area contributed by atoms with Gasteiger partial charge in [-0.15, -0.1) is 0 Å². The van der Waals surface area contributed by atoms with Crippen molar-refractivity contribution in [3.05, 3.63) is 29.8 Å². The number of aliphatic hydroxyl groups excluding tert-OH is 1. The quantitative estimate of drug-likeness (QED) is 0.756. The zero-order valence-electron chi connectivity index (χ0n) is 10.4. The second-order valence-electron chi connectivity index (χ2n) is 4.65. The van der Waals surface area contributed by atoms with Crippen molar-refractivity contribution in [1.82, 2.24) is 5.32 Å². The van der Waals surface area contributed by atoms with Crippen molar-refractivity contribution >= 4 is 0 Å². The molecule has 0 saturated heterocycles. The van der Waals surface area contributed by atoms with E-state index in [0.29, 0.717) is 19.2 Å². The summed E-state index contributed by atoms with van der Waals surface area (Å²) in [7, 11) is 0. The number of hydrogen-bond acceptors (Lipinski definition) is 3. The molecule has 0 bridgehead atoms. The number of hydrogen-bond donors (Lipinski definition) is 2. The second kappa shape index (κ2) is 6.03. The SMILES string of the molecule is CCc1cccc(OCC(O)CNC2CC2)c1. The van der Waals surface area contributed by atoms with Gasteiger partial charge in [-0.1, -0.05) is 19.1 Å². The average molecular weight is 235 g/mol. The lowest BCUT2D eigenvalue weighted by atomic mass is 10.2. The largest absolute Gasteiger partial charge is 0.491 e. The number of ether oxygens (including phenoxy) is 1. The van der Waals surface area contributed by atoms with Crippen molar-refractivity contribution in [2.24, 2.45) is 0 Å². The summed E-state index contributed by atoms with van der Waals surface area (Å²) in [4.78, 5) is 0. The van der Waals surface area contributed by atoms with E-state index in [1.165, 1.54) is 18.4 Å². The minimum atomic E-state index is -0.430. The Balaban J connectivity index is 1.71. The summed E-state index contributed by atoms with van der Waals surface area (Å²) in [6, 6.07) is 8.66. The lowest BCUT2D eigenvalue weighted by molar-refractivity contribution is 0.106. The summed E-state index contributed by atoms with van der Waals surface area (Å²) in [5.74, 6) is 0.842. The highest BCUT2D eigenvalue weighted by molar-refractivity contribution is 5.28. The molecule has 2 N–H and O–H groups in total. The molecule has 3 nitrogen and oxygen atoms in total. The van der Waals surface area contributed by atoms with Crippen molar-refractivity contribution < 1.29 is 9.84 Å². The molecule has 3 heteroatoms. The molecule has 2 rings (SSSR count). The fourth-order valence-electron chi connectivity index (χ4n) is 1.70. The smallest absolute Gasteiger partial charge is 0.119 e. The third kappa shape index (κ3) is 4.36. The summed E-state index contributed by atoms with van der Waals surface area (Å²) in [5.41, 5.74) is 1.26. The van der Waals surface area contributed by atoms with Crippen LogP contribution in [0.4, 0.5) is 0 Å². The molecule has 1 aromatic rings. The van der Waals surface area contributed by atoms with Gasteiger partial charge in [0.1, 0.15) is 18.5 Å². The van der Waals surface area contributed by atoms with E-state index in [2.05, 4.69) is 18.3 Å². The Kier molecular flexibility index (Phi) is 4.40. The molecule has 1 aliphatic carbocycles. The van der Waals surface area contributed by atoms with Crippen LogP contribution in [-0.2, 0) is 6.42 Å². The molecule has 1 atom stereocenters. The number of benzene rings is 1. The van der Waals surface area contributed by atoms with Gasteiger partial charge in [0.25, 0.3) is 0 Å². The van der Waals surface area contributed by atoms with Gasteiger partial charge in [-0.2, -0.15) is 0 Å². The Morgan fingerprint density at radius 2 is 2.29 bits per heavy atom. The maximum absolute atomic E-state index is 9.73. The molecular weight excluding hydrogens is 214 g/mol. The molecule has 94 valence electrons. The Morgan fingerprint density at radius 3 is 3.00 bits per heavy atom. The van der Waals surface area contributed by atoms with E-state index >= 15 is 0 Å². The van der Waals surface area contributed by atoms with Gasteiger partial charge in [0.2, 0.25) is 0 Å². The van der Waals surface area contributed by atoms with Gasteiger partial charge in [0.05, 0.1) is 0 Å². The third-order valence-corrected chi connectivity index (χ3v) is 2.97. The average Bonchev–Trinajstić information content (AvgIpc) is 3.18. The summed E-state index contributed by atoms with van der Waals surface area (Å²) in [5, 5.41) is 13.0. The summed E-state index contributed by atoms with van der Waals surface area (Å²) < 4.78 is 5.57. The summed E-state index contributed by atoms with van der Waals surface area (Å²) in [6.07, 6.45) is 3.06. The lowest BCUT2D eigenvalue weighted by Gasteiger charge is -2.13. The normalized spacial score (nSPS) is 16.8. The van der Waals surface area contributed by atoms with Crippen LogP contribution in [0.2, 0.25) is 0 Å². The molecule has 0 aromatic heterocycles. The molecule has 1 aliphatic rings. The minimum absolute atomic E-state index is 0.354. The number of aliphatic hydroxyl groups is 1. The topological polar surface area (TPSA) is 41.5 Å². The first-order chi connectivity index (χ1) is 8.28. The van der Waals surface area contributed by atoms with Crippen LogP contribution in [0.3, 0.4) is 0 Å². The van der Waals surface area contributed by atoms with Gasteiger partial charge >= 0.3 is 0 Å². The first-order valence-corrected chi connectivity index (χ1v) is 6.41. The Bertz CT molecular complexity index is 350. The van der Waals surface area contributed by atoms with Crippen LogP contribution in [-0.4, -0.2) is 30.4 Å². The molecule has 0 heterocycles. The van der Waals surface area contributed by atoms with Crippen LogP contribution >= 0.6 is 0 Å². The summed E-state index contributed by atoms with van der Waals surface area (Å²) >= 11 is 0. The first kappa shape index (κ1) is 12.4. The second-order valence-corrected chi connectivity index (χ2v) is 4.65. The fourth-order valence-corrected chi connectivity index (χ4v) is 1.70. The van der Waals surface area contributed by atoms with Crippen LogP contribution in [0.5, 0.6) is 5.75 Å². The molecule has 0 radical (unpaired) electrons. The standard InChI is InChI=1S/C14H21NO2/c1-2-11-4-3-5-14(8-11)17-10-13(16)9-15-12-6-7-12/h3-5,8,12-13,15-16H,2,6-7,9-10H2,1H3. The highest BCUT2D eigenvalue weighted by Gasteiger charge is 2.21. The molecule has 1 saturated carbocycles. The minimum Gasteiger partial charge on any atom is -0.491 e. The van der Waals surface area contributed by atoms with Crippen molar-refractivity contribution in [3.8, 4) is 5.75 Å². The Morgan fingerprint density at radius 1 is 1.47 bits per heavy atom. The molecule has 1 fully saturated rings. The fraction of sp³-hybridized carbons (Fsp3) is 0.571. The van der Waals surface area contributed by atoms with Gasteiger partial charge in [0, 0.05) is 12.6 Å².